The lowest BCUT2D eigenvalue weighted by Gasteiger charge is -2.10. The first-order valence-corrected chi connectivity index (χ1v) is 5.82. The van der Waals surface area contributed by atoms with E-state index in [1.54, 1.807) is 26.0 Å². The van der Waals surface area contributed by atoms with Crippen molar-refractivity contribution >= 4 is 17.3 Å². The molecule has 0 aliphatic carbocycles. The van der Waals surface area contributed by atoms with Gasteiger partial charge >= 0.3 is 0 Å². The standard InChI is InChI=1S/C13H17N3O3/c1-4-5-14-8-13(17)15-11-6-10(3)12(16(18)19)7-9(11)2/h4,6-7,14H,1,5,8H2,2-3H3,(H,15,17). The van der Waals surface area contributed by atoms with Crippen LogP contribution in [0.25, 0.3) is 0 Å². The maximum atomic E-state index is 11.6. The molecule has 0 aromatic heterocycles. The second-order valence-corrected chi connectivity index (χ2v) is 4.18. The van der Waals surface area contributed by atoms with Gasteiger partial charge in [-0.25, -0.2) is 0 Å². The van der Waals surface area contributed by atoms with Gasteiger partial charge in [0.25, 0.3) is 5.69 Å². The third-order valence-corrected chi connectivity index (χ3v) is 2.59. The number of nitrogens with one attached hydrogen (secondary N) is 2. The van der Waals surface area contributed by atoms with Crippen molar-refractivity contribution in [2.24, 2.45) is 0 Å². The maximum Gasteiger partial charge on any atom is 0.272 e. The lowest BCUT2D eigenvalue weighted by molar-refractivity contribution is -0.385. The molecule has 0 heterocycles. The molecule has 0 atom stereocenters. The highest BCUT2D eigenvalue weighted by atomic mass is 16.6. The summed E-state index contributed by atoms with van der Waals surface area (Å²) in [5.41, 5.74) is 1.83. The Hall–Kier alpha value is -2.21. The summed E-state index contributed by atoms with van der Waals surface area (Å²) >= 11 is 0. The topological polar surface area (TPSA) is 84.3 Å². The highest BCUT2D eigenvalue weighted by Crippen LogP contribution is 2.25. The maximum absolute atomic E-state index is 11.6. The van der Waals surface area contributed by atoms with Crippen molar-refractivity contribution in [3.8, 4) is 0 Å². The van der Waals surface area contributed by atoms with Crippen molar-refractivity contribution in [1.82, 2.24) is 5.32 Å². The molecule has 0 aliphatic heterocycles. The first kappa shape index (κ1) is 14.8. The van der Waals surface area contributed by atoms with E-state index < -0.39 is 4.92 Å². The summed E-state index contributed by atoms with van der Waals surface area (Å²) in [5.74, 6) is -0.196. The quantitative estimate of drug-likeness (QED) is 0.355. The fourth-order valence-corrected chi connectivity index (χ4v) is 1.61. The number of rotatable bonds is 6. The summed E-state index contributed by atoms with van der Waals surface area (Å²) in [4.78, 5) is 22.0. The lowest BCUT2D eigenvalue weighted by atomic mass is 10.1. The zero-order valence-electron chi connectivity index (χ0n) is 11.0. The van der Waals surface area contributed by atoms with E-state index in [-0.39, 0.29) is 18.1 Å². The second kappa shape index (κ2) is 6.65. The number of carbonyl (C=O) groups is 1. The van der Waals surface area contributed by atoms with Crippen molar-refractivity contribution in [1.29, 1.82) is 0 Å². The molecule has 0 unspecified atom stereocenters. The summed E-state index contributed by atoms with van der Waals surface area (Å²) in [7, 11) is 0. The summed E-state index contributed by atoms with van der Waals surface area (Å²) in [5, 5.41) is 16.4. The van der Waals surface area contributed by atoms with Crippen molar-refractivity contribution in [3.05, 3.63) is 46.0 Å². The third-order valence-electron chi connectivity index (χ3n) is 2.59. The van der Waals surface area contributed by atoms with Gasteiger partial charge in [0.15, 0.2) is 0 Å². The van der Waals surface area contributed by atoms with Gasteiger partial charge in [-0.05, 0) is 25.5 Å². The molecule has 0 spiro atoms. The van der Waals surface area contributed by atoms with Crippen LogP contribution in [0.1, 0.15) is 11.1 Å². The predicted octanol–water partition coefficient (Wildman–Crippen LogP) is 1.93. The third kappa shape index (κ3) is 4.18. The Bertz CT molecular complexity index is 512. The van der Waals surface area contributed by atoms with Gasteiger partial charge in [-0.1, -0.05) is 6.08 Å². The lowest BCUT2D eigenvalue weighted by Crippen LogP contribution is -2.28. The Morgan fingerprint density at radius 1 is 1.42 bits per heavy atom. The van der Waals surface area contributed by atoms with Crippen LogP contribution in [0.2, 0.25) is 0 Å². The second-order valence-electron chi connectivity index (χ2n) is 4.18. The average Bonchev–Trinajstić information content (AvgIpc) is 2.33. The minimum Gasteiger partial charge on any atom is -0.325 e. The van der Waals surface area contributed by atoms with Crippen LogP contribution in [0.3, 0.4) is 0 Å². The van der Waals surface area contributed by atoms with Gasteiger partial charge in [-0.2, -0.15) is 0 Å². The number of nitro benzene ring substituents is 1. The Labute approximate surface area is 111 Å². The molecule has 0 fully saturated rings. The largest absolute Gasteiger partial charge is 0.325 e. The number of hydrogen-bond donors (Lipinski definition) is 2. The highest BCUT2D eigenvalue weighted by molar-refractivity contribution is 5.93. The Kier molecular flexibility index (Phi) is 5.20. The van der Waals surface area contributed by atoms with Gasteiger partial charge in [-0.15, -0.1) is 6.58 Å². The van der Waals surface area contributed by atoms with Crippen LogP contribution >= 0.6 is 0 Å². The average molecular weight is 263 g/mol. The highest BCUT2D eigenvalue weighted by Gasteiger charge is 2.14. The van der Waals surface area contributed by atoms with Gasteiger partial charge in [0, 0.05) is 23.9 Å². The van der Waals surface area contributed by atoms with Crippen LogP contribution in [0.4, 0.5) is 11.4 Å². The number of amides is 1. The van der Waals surface area contributed by atoms with E-state index in [9.17, 15) is 14.9 Å². The van der Waals surface area contributed by atoms with E-state index in [0.717, 1.165) is 0 Å². The zero-order chi connectivity index (χ0) is 14.4. The van der Waals surface area contributed by atoms with Gasteiger partial charge in [0.1, 0.15) is 0 Å². The smallest absolute Gasteiger partial charge is 0.272 e. The number of benzene rings is 1. The number of aryl methyl sites for hydroxylation is 2. The molecule has 0 saturated carbocycles. The molecule has 1 amide bonds. The van der Waals surface area contributed by atoms with Gasteiger partial charge in [0.2, 0.25) is 5.91 Å². The first-order valence-electron chi connectivity index (χ1n) is 5.82. The minimum atomic E-state index is -0.431. The number of carbonyl (C=O) groups excluding carboxylic acids is 1. The molecule has 0 bridgehead atoms. The first-order chi connectivity index (χ1) is 8.95. The molecule has 6 heteroatoms. The van der Waals surface area contributed by atoms with Crippen LogP contribution in [-0.2, 0) is 4.79 Å². The number of hydrogen-bond acceptors (Lipinski definition) is 4. The van der Waals surface area contributed by atoms with Crippen LogP contribution in [0.15, 0.2) is 24.8 Å². The van der Waals surface area contributed by atoms with Crippen LogP contribution in [0, 0.1) is 24.0 Å². The van der Waals surface area contributed by atoms with Crippen molar-refractivity contribution in [3.63, 3.8) is 0 Å². The van der Waals surface area contributed by atoms with E-state index in [4.69, 9.17) is 0 Å². The molecule has 1 aromatic rings. The van der Waals surface area contributed by atoms with Crippen molar-refractivity contribution in [2.45, 2.75) is 13.8 Å². The fraction of sp³-hybridized carbons (Fsp3) is 0.308. The van der Waals surface area contributed by atoms with Gasteiger partial charge < -0.3 is 10.6 Å². The van der Waals surface area contributed by atoms with Gasteiger partial charge in [0.05, 0.1) is 11.5 Å². The molecular formula is C13H17N3O3. The van der Waals surface area contributed by atoms with E-state index in [1.807, 2.05) is 0 Å². The van der Waals surface area contributed by atoms with E-state index in [0.29, 0.717) is 23.4 Å². The summed E-state index contributed by atoms with van der Waals surface area (Å²) in [6, 6.07) is 3.07. The minimum absolute atomic E-state index is 0.0558. The van der Waals surface area contributed by atoms with Crippen LogP contribution in [0.5, 0.6) is 0 Å². The SMILES string of the molecule is C=CCNCC(=O)Nc1cc(C)c([N+](=O)[O-])cc1C. The molecule has 19 heavy (non-hydrogen) atoms. The predicted molar refractivity (Wildman–Crippen MR) is 74.3 cm³/mol. The molecule has 0 radical (unpaired) electrons. The molecule has 2 N–H and O–H groups in total. The Balaban J connectivity index is 2.79. The summed E-state index contributed by atoms with van der Waals surface area (Å²) in [6.45, 7) is 7.61. The van der Waals surface area contributed by atoms with Gasteiger partial charge in [-0.3, -0.25) is 14.9 Å². The molecule has 0 aliphatic rings. The summed E-state index contributed by atoms with van der Waals surface area (Å²) < 4.78 is 0. The molecule has 1 aromatic carbocycles. The van der Waals surface area contributed by atoms with E-state index in [1.165, 1.54) is 6.07 Å². The van der Waals surface area contributed by atoms with Crippen molar-refractivity contribution < 1.29 is 9.72 Å². The fourth-order valence-electron chi connectivity index (χ4n) is 1.61. The van der Waals surface area contributed by atoms with Crippen molar-refractivity contribution in [2.75, 3.05) is 18.4 Å². The van der Waals surface area contributed by atoms with Crippen LogP contribution in [-0.4, -0.2) is 23.9 Å². The molecule has 1 rings (SSSR count). The molecule has 0 saturated heterocycles. The van der Waals surface area contributed by atoms with E-state index >= 15 is 0 Å². The monoisotopic (exact) mass is 263 g/mol. The number of anilines is 1. The van der Waals surface area contributed by atoms with Crippen LogP contribution < -0.4 is 10.6 Å². The molecule has 6 nitrogen and oxygen atoms in total. The Morgan fingerprint density at radius 2 is 2.11 bits per heavy atom. The zero-order valence-corrected chi connectivity index (χ0v) is 11.0. The number of nitro groups is 1. The van der Waals surface area contributed by atoms with E-state index in [2.05, 4.69) is 17.2 Å². The summed E-state index contributed by atoms with van der Waals surface area (Å²) in [6.07, 6.45) is 1.66. The molecular weight excluding hydrogens is 246 g/mol. The number of nitrogens with zero attached hydrogens (tertiary/aromatic N) is 1. The molecule has 102 valence electrons. The normalized spacial score (nSPS) is 10.0. The Morgan fingerprint density at radius 3 is 2.68 bits per heavy atom.